The molecular weight excluding hydrogens is 132 g/mol. The fraction of sp³-hybridized carbons (Fsp3) is 0.667. The molecule has 54 valence electrons. The molecular formula is C6H8N2O2. The Kier molecular flexibility index (Phi) is 0.760. The van der Waals surface area contributed by atoms with E-state index in [2.05, 4.69) is 5.32 Å². The van der Waals surface area contributed by atoms with Gasteiger partial charge in [0.1, 0.15) is 5.54 Å². The van der Waals surface area contributed by atoms with E-state index in [1.165, 1.54) is 7.05 Å². The molecule has 2 fully saturated rings. The topological polar surface area (TPSA) is 49.4 Å². The van der Waals surface area contributed by atoms with Crippen molar-refractivity contribution >= 4 is 11.9 Å². The molecule has 2 rings (SSSR count). The highest BCUT2D eigenvalue weighted by Crippen LogP contribution is 2.40. The third-order valence-electron chi connectivity index (χ3n) is 2.11. The summed E-state index contributed by atoms with van der Waals surface area (Å²) in [6.07, 6.45) is 1.61. The minimum absolute atomic E-state index is 0.0718. The predicted molar refractivity (Wildman–Crippen MR) is 33.3 cm³/mol. The van der Waals surface area contributed by atoms with Gasteiger partial charge in [-0.3, -0.25) is 9.69 Å². The molecule has 0 bridgehead atoms. The van der Waals surface area contributed by atoms with Gasteiger partial charge in [0.25, 0.3) is 5.91 Å². The summed E-state index contributed by atoms with van der Waals surface area (Å²) in [5, 5.41) is 2.64. The largest absolute Gasteiger partial charge is 0.324 e. The van der Waals surface area contributed by atoms with Gasteiger partial charge in [-0.2, -0.15) is 0 Å². The Morgan fingerprint density at radius 2 is 2.10 bits per heavy atom. The Labute approximate surface area is 58.2 Å². The molecule has 1 N–H and O–H groups in total. The Hall–Kier alpha value is -1.06. The van der Waals surface area contributed by atoms with Crippen LogP contribution in [0.15, 0.2) is 0 Å². The lowest BCUT2D eigenvalue weighted by atomic mass is 10.3. The lowest BCUT2D eigenvalue weighted by Gasteiger charge is -2.02. The van der Waals surface area contributed by atoms with Gasteiger partial charge in [-0.15, -0.1) is 0 Å². The van der Waals surface area contributed by atoms with Crippen LogP contribution in [0.2, 0.25) is 0 Å². The van der Waals surface area contributed by atoms with Gasteiger partial charge >= 0.3 is 6.03 Å². The number of likely N-dealkylation sites (N-methyl/N-ethyl adjacent to an activating group) is 1. The first-order chi connectivity index (χ1) is 4.66. The second-order valence-corrected chi connectivity index (χ2v) is 2.88. The molecule has 1 saturated carbocycles. The normalized spacial score (nSPS) is 27.5. The monoisotopic (exact) mass is 140 g/mol. The molecule has 2 aliphatic rings. The van der Waals surface area contributed by atoms with E-state index in [0.717, 1.165) is 17.7 Å². The molecule has 4 heteroatoms. The predicted octanol–water partition coefficient (Wildman–Crippen LogP) is -0.299. The van der Waals surface area contributed by atoms with Crippen molar-refractivity contribution in [3.63, 3.8) is 0 Å². The van der Waals surface area contributed by atoms with Crippen molar-refractivity contribution in [3.8, 4) is 0 Å². The number of carbonyl (C=O) groups is 2. The molecule has 0 aromatic carbocycles. The first kappa shape index (κ1) is 5.70. The van der Waals surface area contributed by atoms with Crippen molar-refractivity contribution in [1.82, 2.24) is 10.2 Å². The number of nitrogens with zero attached hydrogens (tertiary/aromatic N) is 1. The zero-order valence-electron chi connectivity index (χ0n) is 5.68. The summed E-state index contributed by atoms with van der Waals surface area (Å²) < 4.78 is 0. The van der Waals surface area contributed by atoms with E-state index < -0.39 is 5.54 Å². The smallest absolute Gasteiger partial charge is 0.323 e. The molecule has 1 aliphatic heterocycles. The fourth-order valence-corrected chi connectivity index (χ4v) is 1.22. The maximum Gasteiger partial charge on any atom is 0.324 e. The van der Waals surface area contributed by atoms with Gasteiger partial charge in [-0.05, 0) is 12.8 Å². The van der Waals surface area contributed by atoms with Crippen LogP contribution >= 0.6 is 0 Å². The number of rotatable bonds is 0. The van der Waals surface area contributed by atoms with Gasteiger partial charge in [0.15, 0.2) is 0 Å². The minimum Gasteiger partial charge on any atom is -0.323 e. The number of urea groups is 1. The second-order valence-electron chi connectivity index (χ2n) is 2.88. The summed E-state index contributed by atoms with van der Waals surface area (Å²) >= 11 is 0. The van der Waals surface area contributed by atoms with Gasteiger partial charge < -0.3 is 5.32 Å². The van der Waals surface area contributed by atoms with Crippen LogP contribution in [-0.2, 0) is 4.79 Å². The molecule has 0 aromatic heterocycles. The van der Waals surface area contributed by atoms with Crippen molar-refractivity contribution in [2.75, 3.05) is 7.05 Å². The molecule has 3 amide bonds. The molecule has 4 nitrogen and oxygen atoms in total. The Balaban J connectivity index is 2.32. The van der Waals surface area contributed by atoms with Gasteiger partial charge in [-0.25, -0.2) is 4.79 Å². The molecule has 0 radical (unpaired) electrons. The van der Waals surface area contributed by atoms with E-state index >= 15 is 0 Å². The summed E-state index contributed by atoms with van der Waals surface area (Å²) in [5.74, 6) is -0.0718. The number of amides is 3. The maximum absolute atomic E-state index is 11.1. The van der Waals surface area contributed by atoms with E-state index in [1.54, 1.807) is 0 Å². The molecule has 1 spiro atoms. The molecule has 10 heavy (non-hydrogen) atoms. The van der Waals surface area contributed by atoms with Crippen molar-refractivity contribution in [1.29, 1.82) is 0 Å². The van der Waals surface area contributed by atoms with E-state index in [4.69, 9.17) is 0 Å². The van der Waals surface area contributed by atoms with Crippen molar-refractivity contribution in [2.24, 2.45) is 0 Å². The van der Waals surface area contributed by atoms with Crippen LogP contribution in [0.4, 0.5) is 4.79 Å². The van der Waals surface area contributed by atoms with Crippen LogP contribution in [0.25, 0.3) is 0 Å². The van der Waals surface area contributed by atoms with Gasteiger partial charge in [0, 0.05) is 7.05 Å². The van der Waals surface area contributed by atoms with Crippen molar-refractivity contribution in [3.05, 3.63) is 0 Å². The summed E-state index contributed by atoms with van der Waals surface area (Å²) in [6.45, 7) is 0. The summed E-state index contributed by atoms with van der Waals surface area (Å²) in [5.41, 5.74) is -0.466. The van der Waals surface area contributed by atoms with Crippen LogP contribution < -0.4 is 5.32 Å². The van der Waals surface area contributed by atoms with Crippen LogP contribution in [0.5, 0.6) is 0 Å². The Morgan fingerprint density at radius 1 is 1.50 bits per heavy atom. The van der Waals surface area contributed by atoms with Crippen molar-refractivity contribution in [2.45, 2.75) is 18.4 Å². The number of nitrogens with one attached hydrogen (secondary N) is 1. The van der Waals surface area contributed by atoms with Crippen LogP contribution in [-0.4, -0.2) is 29.4 Å². The molecule has 0 unspecified atom stereocenters. The van der Waals surface area contributed by atoms with E-state index in [1.807, 2.05) is 0 Å². The first-order valence-corrected chi connectivity index (χ1v) is 3.26. The molecule has 1 aliphatic carbocycles. The Bertz CT molecular complexity index is 220. The SMILES string of the molecule is CN1C(=O)NC2(CC2)C1=O. The van der Waals surface area contributed by atoms with Gasteiger partial charge in [-0.1, -0.05) is 0 Å². The lowest BCUT2D eigenvalue weighted by molar-refractivity contribution is -0.127. The third-order valence-corrected chi connectivity index (χ3v) is 2.11. The zero-order valence-corrected chi connectivity index (χ0v) is 5.68. The first-order valence-electron chi connectivity index (χ1n) is 3.26. The number of carbonyl (C=O) groups excluding carboxylic acids is 2. The quantitative estimate of drug-likeness (QED) is 0.470. The van der Waals surface area contributed by atoms with Crippen LogP contribution in [0.3, 0.4) is 0 Å². The fourth-order valence-electron chi connectivity index (χ4n) is 1.22. The minimum atomic E-state index is -0.466. The Morgan fingerprint density at radius 3 is 2.30 bits per heavy atom. The van der Waals surface area contributed by atoms with Gasteiger partial charge in [0.2, 0.25) is 0 Å². The highest BCUT2D eigenvalue weighted by Gasteiger charge is 2.58. The maximum atomic E-state index is 11.1. The van der Waals surface area contributed by atoms with E-state index in [-0.39, 0.29) is 11.9 Å². The standard InChI is InChI=1S/C6H8N2O2/c1-8-4(9)6(2-3-6)7-5(8)10/h2-3H2,1H3,(H,7,10). The number of hydrogen-bond acceptors (Lipinski definition) is 2. The molecule has 0 atom stereocenters. The van der Waals surface area contributed by atoms with E-state index in [9.17, 15) is 9.59 Å². The zero-order chi connectivity index (χ0) is 7.35. The molecule has 1 heterocycles. The second kappa shape index (κ2) is 1.33. The number of hydrogen-bond donors (Lipinski definition) is 1. The van der Waals surface area contributed by atoms with Crippen molar-refractivity contribution < 1.29 is 9.59 Å². The third kappa shape index (κ3) is 0.465. The highest BCUT2D eigenvalue weighted by molar-refractivity contribution is 6.08. The molecule has 1 saturated heterocycles. The van der Waals surface area contributed by atoms with E-state index in [0.29, 0.717) is 0 Å². The highest BCUT2D eigenvalue weighted by atomic mass is 16.2. The average molecular weight is 140 g/mol. The summed E-state index contributed by atoms with van der Waals surface area (Å²) in [4.78, 5) is 23.1. The van der Waals surface area contributed by atoms with Gasteiger partial charge in [0.05, 0.1) is 0 Å². The molecule has 0 aromatic rings. The lowest BCUT2D eigenvalue weighted by Crippen LogP contribution is -2.30. The average Bonchev–Trinajstić information content (AvgIpc) is 2.62. The summed E-state index contributed by atoms with van der Waals surface area (Å²) in [6, 6.07) is -0.262. The van der Waals surface area contributed by atoms with Crippen LogP contribution in [0.1, 0.15) is 12.8 Å². The summed E-state index contributed by atoms with van der Waals surface area (Å²) in [7, 11) is 1.50. The van der Waals surface area contributed by atoms with Crippen LogP contribution in [0, 0.1) is 0 Å². The number of imide groups is 1.